The highest BCUT2D eigenvalue weighted by atomic mass is 32.2. The molecule has 0 aliphatic carbocycles. The van der Waals surface area contributed by atoms with Crippen LogP contribution < -0.4 is 5.32 Å². The standard InChI is InChI=1S/C28H27FN4O3S/c1-2-18-32(37(35,36)19-17-22-9-5-3-6-10-22)21-28(34)30-27-20-26(23-11-7-4-8-12-23)31-33(27)25-15-13-24(29)14-16-25/h3-17,19-20H,2,18,21H2,1H3,(H,30,34)/b19-17+. The van der Waals surface area contributed by atoms with E-state index in [1.807, 2.05) is 55.5 Å². The fourth-order valence-electron chi connectivity index (χ4n) is 3.70. The Balaban J connectivity index is 1.58. The molecule has 0 spiro atoms. The Hall–Kier alpha value is -4.08. The highest BCUT2D eigenvalue weighted by Crippen LogP contribution is 2.25. The minimum absolute atomic E-state index is 0.182. The van der Waals surface area contributed by atoms with Gasteiger partial charge in [0.15, 0.2) is 0 Å². The van der Waals surface area contributed by atoms with Crippen LogP contribution in [-0.2, 0) is 14.8 Å². The van der Waals surface area contributed by atoms with Crippen molar-refractivity contribution in [3.05, 3.63) is 108 Å². The number of aromatic nitrogens is 2. The molecule has 1 heterocycles. The molecule has 37 heavy (non-hydrogen) atoms. The largest absolute Gasteiger partial charge is 0.309 e. The zero-order valence-electron chi connectivity index (χ0n) is 20.3. The lowest BCUT2D eigenvalue weighted by atomic mass is 10.2. The summed E-state index contributed by atoms with van der Waals surface area (Å²) in [5.74, 6) is -0.578. The molecule has 1 amide bonds. The molecule has 3 aromatic carbocycles. The van der Waals surface area contributed by atoms with Crippen LogP contribution in [0, 0.1) is 5.82 Å². The van der Waals surface area contributed by atoms with E-state index >= 15 is 0 Å². The van der Waals surface area contributed by atoms with Crippen molar-refractivity contribution in [2.75, 3.05) is 18.4 Å². The number of amides is 1. The second kappa shape index (κ2) is 11.8. The van der Waals surface area contributed by atoms with Gasteiger partial charge in [-0.05, 0) is 42.3 Å². The lowest BCUT2D eigenvalue weighted by molar-refractivity contribution is -0.116. The molecule has 0 fully saturated rings. The van der Waals surface area contributed by atoms with Gasteiger partial charge in [0.05, 0.1) is 17.9 Å². The average molecular weight is 519 g/mol. The van der Waals surface area contributed by atoms with Crippen molar-refractivity contribution >= 4 is 27.8 Å². The Kier molecular flexibility index (Phi) is 8.27. The summed E-state index contributed by atoms with van der Waals surface area (Å²) in [7, 11) is -3.85. The molecule has 0 bridgehead atoms. The van der Waals surface area contributed by atoms with Gasteiger partial charge in [-0.1, -0.05) is 67.6 Å². The van der Waals surface area contributed by atoms with Crippen LogP contribution in [-0.4, -0.2) is 41.5 Å². The Morgan fingerprint density at radius 2 is 1.65 bits per heavy atom. The van der Waals surface area contributed by atoms with Crippen molar-refractivity contribution in [1.82, 2.24) is 14.1 Å². The van der Waals surface area contributed by atoms with Crippen molar-refractivity contribution in [1.29, 1.82) is 0 Å². The first-order valence-electron chi connectivity index (χ1n) is 11.8. The average Bonchev–Trinajstić information content (AvgIpc) is 3.32. The number of nitrogens with one attached hydrogen (secondary N) is 1. The summed E-state index contributed by atoms with van der Waals surface area (Å²) in [5.41, 5.74) is 2.72. The van der Waals surface area contributed by atoms with Crippen molar-refractivity contribution in [2.24, 2.45) is 0 Å². The predicted octanol–water partition coefficient (Wildman–Crippen LogP) is 5.33. The number of nitrogens with zero attached hydrogens (tertiary/aromatic N) is 3. The topological polar surface area (TPSA) is 84.3 Å². The molecule has 0 aliphatic rings. The van der Waals surface area contributed by atoms with Crippen LogP contribution in [0.5, 0.6) is 0 Å². The van der Waals surface area contributed by atoms with Crippen LogP contribution >= 0.6 is 0 Å². The fraction of sp³-hybridized carbons (Fsp3) is 0.143. The summed E-state index contributed by atoms with van der Waals surface area (Å²) >= 11 is 0. The van der Waals surface area contributed by atoms with Crippen LogP contribution in [0.25, 0.3) is 23.0 Å². The quantitative estimate of drug-likeness (QED) is 0.308. The van der Waals surface area contributed by atoms with E-state index in [0.29, 0.717) is 23.6 Å². The van der Waals surface area contributed by atoms with E-state index in [4.69, 9.17) is 0 Å². The molecule has 4 aromatic rings. The van der Waals surface area contributed by atoms with Gasteiger partial charge in [0, 0.05) is 23.6 Å². The first-order chi connectivity index (χ1) is 17.9. The molecule has 0 atom stereocenters. The minimum atomic E-state index is -3.85. The second-order valence-corrected chi connectivity index (χ2v) is 10.1. The third kappa shape index (κ3) is 6.78. The Bertz CT molecular complexity index is 1470. The van der Waals surface area contributed by atoms with E-state index in [9.17, 15) is 17.6 Å². The zero-order valence-corrected chi connectivity index (χ0v) is 21.1. The van der Waals surface area contributed by atoms with E-state index in [1.54, 1.807) is 30.3 Å². The van der Waals surface area contributed by atoms with Gasteiger partial charge >= 0.3 is 0 Å². The van der Waals surface area contributed by atoms with E-state index in [1.165, 1.54) is 22.9 Å². The highest BCUT2D eigenvalue weighted by Gasteiger charge is 2.23. The molecule has 190 valence electrons. The lowest BCUT2D eigenvalue weighted by Crippen LogP contribution is -2.37. The van der Waals surface area contributed by atoms with Crippen molar-refractivity contribution in [3.63, 3.8) is 0 Å². The first-order valence-corrected chi connectivity index (χ1v) is 13.3. The highest BCUT2D eigenvalue weighted by molar-refractivity contribution is 7.92. The first kappa shape index (κ1) is 26.0. The second-order valence-electron chi connectivity index (χ2n) is 8.31. The van der Waals surface area contributed by atoms with Crippen molar-refractivity contribution < 1.29 is 17.6 Å². The molecule has 0 unspecified atom stereocenters. The Labute approximate surface area is 215 Å². The van der Waals surface area contributed by atoms with Crippen molar-refractivity contribution in [3.8, 4) is 16.9 Å². The molecular weight excluding hydrogens is 491 g/mol. The van der Waals surface area contributed by atoms with Crippen molar-refractivity contribution in [2.45, 2.75) is 13.3 Å². The van der Waals surface area contributed by atoms with Gasteiger partial charge in [0.1, 0.15) is 11.6 Å². The molecule has 0 radical (unpaired) electrons. The lowest BCUT2D eigenvalue weighted by Gasteiger charge is -2.19. The van der Waals surface area contributed by atoms with Gasteiger partial charge in [-0.25, -0.2) is 17.5 Å². The molecule has 0 aliphatic heterocycles. The third-order valence-corrected chi connectivity index (χ3v) is 7.01. The van der Waals surface area contributed by atoms with Crippen LogP contribution in [0.1, 0.15) is 18.9 Å². The number of anilines is 1. The summed E-state index contributed by atoms with van der Waals surface area (Å²) in [6.45, 7) is 1.66. The van der Waals surface area contributed by atoms with E-state index < -0.39 is 21.7 Å². The normalized spacial score (nSPS) is 11.8. The van der Waals surface area contributed by atoms with E-state index in [2.05, 4.69) is 10.4 Å². The molecule has 4 rings (SSSR count). The number of sulfonamides is 1. The smallest absolute Gasteiger partial charge is 0.240 e. The monoisotopic (exact) mass is 518 g/mol. The van der Waals surface area contributed by atoms with E-state index in [-0.39, 0.29) is 13.1 Å². The molecule has 0 saturated carbocycles. The van der Waals surface area contributed by atoms with Crippen LogP contribution in [0.3, 0.4) is 0 Å². The molecule has 1 N–H and O–H groups in total. The number of hydrogen-bond acceptors (Lipinski definition) is 4. The van der Waals surface area contributed by atoms with Crippen LogP contribution in [0.4, 0.5) is 10.2 Å². The maximum atomic E-state index is 13.5. The maximum absolute atomic E-state index is 13.5. The number of rotatable bonds is 10. The Morgan fingerprint density at radius 3 is 2.30 bits per heavy atom. The maximum Gasteiger partial charge on any atom is 0.240 e. The summed E-state index contributed by atoms with van der Waals surface area (Å²) in [6, 6.07) is 25.9. The Morgan fingerprint density at radius 1 is 1.00 bits per heavy atom. The van der Waals surface area contributed by atoms with Gasteiger partial charge < -0.3 is 5.32 Å². The fourth-order valence-corrected chi connectivity index (χ4v) is 4.94. The number of halogens is 1. The summed E-state index contributed by atoms with van der Waals surface area (Å²) in [6.07, 6.45) is 2.04. The zero-order chi connectivity index (χ0) is 26.3. The van der Waals surface area contributed by atoms with Gasteiger partial charge in [-0.3, -0.25) is 4.79 Å². The van der Waals surface area contributed by atoms with Gasteiger partial charge in [0.2, 0.25) is 15.9 Å². The molecular formula is C28H27FN4O3S. The van der Waals surface area contributed by atoms with Gasteiger partial charge in [-0.15, -0.1) is 0 Å². The minimum Gasteiger partial charge on any atom is -0.309 e. The van der Waals surface area contributed by atoms with E-state index in [0.717, 1.165) is 20.8 Å². The van der Waals surface area contributed by atoms with Crippen LogP contribution in [0.2, 0.25) is 0 Å². The van der Waals surface area contributed by atoms with Crippen LogP contribution in [0.15, 0.2) is 96.4 Å². The predicted molar refractivity (Wildman–Crippen MR) is 144 cm³/mol. The summed E-state index contributed by atoms with van der Waals surface area (Å²) in [5, 5.41) is 8.50. The molecule has 9 heteroatoms. The van der Waals surface area contributed by atoms with Gasteiger partial charge in [0.25, 0.3) is 0 Å². The third-order valence-electron chi connectivity index (χ3n) is 5.50. The summed E-state index contributed by atoms with van der Waals surface area (Å²) < 4.78 is 42.1. The number of hydrogen-bond donors (Lipinski definition) is 1. The number of benzene rings is 3. The molecule has 1 aromatic heterocycles. The number of carbonyl (C=O) groups is 1. The summed E-state index contributed by atoms with van der Waals surface area (Å²) in [4.78, 5) is 13.1. The molecule has 7 nitrogen and oxygen atoms in total. The molecule has 0 saturated heterocycles. The van der Waals surface area contributed by atoms with Gasteiger partial charge in [-0.2, -0.15) is 9.40 Å². The SMILES string of the molecule is CCCN(CC(=O)Nc1cc(-c2ccccc2)nn1-c1ccc(F)cc1)S(=O)(=O)/C=C/c1ccccc1. The number of carbonyl (C=O) groups excluding carboxylic acids is 1.